The molecule has 0 fully saturated rings. The molecule has 0 atom stereocenters. The first-order chi connectivity index (χ1) is 7.56. The van der Waals surface area contributed by atoms with Gasteiger partial charge in [-0.15, -0.1) is 6.58 Å². The van der Waals surface area contributed by atoms with Crippen molar-refractivity contribution in [2.24, 2.45) is 11.8 Å². The lowest BCUT2D eigenvalue weighted by Crippen LogP contribution is -2.33. The molecule has 1 nitrogen and oxygen atoms in total. The Bertz CT molecular complexity index is 156. The number of thioether (sulfide) groups is 1. The molecule has 0 rings (SSSR count). The van der Waals surface area contributed by atoms with E-state index in [1.807, 2.05) is 17.8 Å². The summed E-state index contributed by atoms with van der Waals surface area (Å²) in [4.78, 5) is 0. The van der Waals surface area contributed by atoms with Crippen LogP contribution in [-0.4, -0.2) is 24.1 Å². The maximum Gasteiger partial charge on any atom is 0.0111 e. The van der Waals surface area contributed by atoms with Crippen LogP contribution in [0.25, 0.3) is 0 Å². The lowest BCUT2D eigenvalue weighted by atomic mass is 9.96. The minimum Gasteiger partial charge on any atom is -0.313 e. The van der Waals surface area contributed by atoms with Crippen LogP contribution in [0, 0.1) is 11.8 Å². The Labute approximate surface area is 106 Å². The molecular formula is C14H29NS. The second-order valence-corrected chi connectivity index (χ2v) is 6.42. The van der Waals surface area contributed by atoms with Gasteiger partial charge in [0.1, 0.15) is 0 Å². The highest BCUT2D eigenvalue weighted by molar-refractivity contribution is 7.99. The Balaban J connectivity index is 3.69. The van der Waals surface area contributed by atoms with Gasteiger partial charge in [0.25, 0.3) is 0 Å². The van der Waals surface area contributed by atoms with Crippen molar-refractivity contribution >= 4 is 11.8 Å². The van der Waals surface area contributed by atoms with Crippen molar-refractivity contribution in [2.45, 2.75) is 46.6 Å². The van der Waals surface area contributed by atoms with Gasteiger partial charge in [0.05, 0.1) is 0 Å². The topological polar surface area (TPSA) is 12.0 Å². The van der Waals surface area contributed by atoms with Crippen molar-refractivity contribution in [3.05, 3.63) is 12.7 Å². The third-order valence-corrected chi connectivity index (χ3v) is 3.39. The largest absolute Gasteiger partial charge is 0.313 e. The first kappa shape index (κ1) is 16.1. The van der Waals surface area contributed by atoms with Crippen molar-refractivity contribution in [3.8, 4) is 0 Å². The third-order valence-electron chi connectivity index (χ3n) is 2.43. The van der Waals surface area contributed by atoms with E-state index in [9.17, 15) is 0 Å². The molecule has 0 saturated carbocycles. The van der Waals surface area contributed by atoms with Crippen LogP contribution in [0.5, 0.6) is 0 Å². The van der Waals surface area contributed by atoms with Gasteiger partial charge in [0, 0.05) is 24.1 Å². The Morgan fingerprint density at radius 2 is 1.69 bits per heavy atom. The van der Waals surface area contributed by atoms with Crippen LogP contribution >= 0.6 is 11.8 Å². The molecule has 0 unspecified atom stereocenters. The molecule has 0 amide bonds. The predicted octanol–water partition coefficient (Wildman–Crippen LogP) is 3.96. The summed E-state index contributed by atoms with van der Waals surface area (Å²) < 4.78 is 0. The first-order valence-corrected chi connectivity index (χ1v) is 7.63. The summed E-state index contributed by atoms with van der Waals surface area (Å²) in [5, 5.41) is 3.69. The molecule has 0 bridgehead atoms. The van der Waals surface area contributed by atoms with Gasteiger partial charge in [-0.05, 0) is 24.7 Å². The van der Waals surface area contributed by atoms with E-state index in [1.54, 1.807) is 0 Å². The molecule has 0 aromatic heterocycles. The van der Waals surface area contributed by atoms with Gasteiger partial charge >= 0.3 is 0 Å². The molecule has 2 heteroatoms. The fraction of sp³-hybridized carbons (Fsp3) is 0.857. The van der Waals surface area contributed by atoms with E-state index < -0.39 is 0 Å². The van der Waals surface area contributed by atoms with Crippen molar-refractivity contribution < 1.29 is 0 Å². The molecular weight excluding hydrogens is 214 g/mol. The lowest BCUT2D eigenvalue weighted by Gasteiger charge is -2.22. The van der Waals surface area contributed by atoms with Gasteiger partial charge < -0.3 is 5.32 Å². The summed E-state index contributed by atoms with van der Waals surface area (Å²) in [5.41, 5.74) is 0. The van der Waals surface area contributed by atoms with Gasteiger partial charge in [-0.1, -0.05) is 33.8 Å². The standard InChI is InChI=1S/C14H29NS/c1-6-8-16-9-7-15-14(10-12(2)3)11-13(4)5/h6,12-15H,1,7-11H2,2-5H3. The molecule has 0 aliphatic heterocycles. The predicted molar refractivity (Wildman–Crippen MR) is 78.2 cm³/mol. The molecule has 0 aromatic carbocycles. The zero-order valence-electron chi connectivity index (χ0n) is 11.5. The highest BCUT2D eigenvalue weighted by Gasteiger charge is 2.11. The van der Waals surface area contributed by atoms with Gasteiger partial charge in [-0.25, -0.2) is 0 Å². The van der Waals surface area contributed by atoms with E-state index in [2.05, 4.69) is 39.6 Å². The number of hydrogen-bond donors (Lipinski definition) is 1. The fourth-order valence-electron chi connectivity index (χ4n) is 1.90. The molecule has 0 saturated heterocycles. The normalized spacial score (nSPS) is 11.7. The van der Waals surface area contributed by atoms with E-state index in [0.717, 1.165) is 24.1 Å². The van der Waals surface area contributed by atoms with Gasteiger partial charge in [0.15, 0.2) is 0 Å². The summed E-state index contributed by atoms with van der Waals surface area (Å²) >= 11 is 1.95. The third kappa shape index (κ3) is 10.6. The zero-order valence-corrected chi connectivity index (χ0v) is 12.3. The van der Waals surface area contributed by atoms with Crippen molar-refractivity contribution in [1.82, 2.24) is 5.32 Å². The van der Waals surface area contributed by atoms with E-state index in [4.69, 9.17) is 0 Å². The van der Waals surface area contributed by atoms with Crippen molar-refractivity contribution in [3.63, 3.8) is 0 Å². The SMILES string of the molecule is C=CCSCCNC(CC(C)C)CC(C)C. The monoisotopic (exact) mass is 243 g/mol. The minimum atomic E-state index is 0.698. The lowest BCUT2D eigenvalue weighted by molar-refractivity contribution is 0.366. The number of rotatable bonds is 10. The smallest absolute Gasteiger partial charge is 0.0111 e. The Kier molecular flexibility index (Phi) is 10.3. The quantitative estimate of drug-likeness (QED) is 0.460. The molecule has 0 radical (unpaired) electrons. The van der Waals surface area contributed by atoms with E-state index in [1.165, 1.54) is 18.6 Å². The summed E-state index contributed by atoms with van der Waals surface area (Å²) in [6, 6.07) is 0.698. The van der Waals surface area contributed by atoms with Crippen LogP contribution in [0.15, 0.2) is 12.7 Å². The van der Waals surface area contributed by atoms with E-state index >= 15 is 0 Å². The van der Waals surface area contributed by atoms with Crippen LogP contribution in [0.2, 0.25) is 0 Å². The van der Waals surface area contributed by atoms with Crippen LogP contribution in [-0.2, 0) is 0 Å². The molecule has 0 aromatic rings. The summed E-state index contributed by atoms with van der Waals surface area (Å²) in [7, 11) is 0. The molecule has 16 heavy (non-hydrogen) atoms. The van der Waals surface area contributed by atoms with Crippen LogP contribution in [0.4, 0.5) is 0 Å². The average Bonchev–Trinajstić information content (AvgIpc) is 2.15. The Morgan fingerprint density at radius 1 is 1.12 bits per heavy atom. The number of hydrogen-bond acceptors (Lipinski definition) is 2. The van der Waals surface area contributed by atoms with Crippen LogP contribution in [0.3, 0.4) is 0 Å². The second kappa shape index (κ2) is 10.2. The van der Waals surface area contributed by atoms with Crippen molar-refractivity contribution in [2.75, 3.05) is 18.1 Å². The first-order valence-electron chi connectivity index (χ1n) is 6.48. The maximum absolute atomic E-state index is 3.73. The van der Waals surface area contributed by atoms with Gasteiger partial charge in [-0.3, -0.25) is 0 Å². The van der Waals surface area contributed by atoms with Gasteiger partial charge in [-0.2, -0.15) is 11.8 Å². The summed E-state index contributed by atoms with van der Waals surface area (Å²) in [5.74, 6) is 3.84. The fourth-order valence-corrected chi connectivity index (χ4v) is 2.50. The maximum atomic E-state index is 3.73. The number of nitrogens with one attached hydrogen (secondary N) is 1. The second-order valence-electron chi connectivity index (χ2n) is 5.27. The molecule has 0 aliphatic carbocycles. The minimum absolute atomic E-state index is 0.698. The highest BCUT2D eigenvalue weighted by Crippen LogP contribution is 2.13. The summed E-state index contributed by atoms with van der Waals surface area (Å²) in [6.07, 6.45) is 4.57. The highest BCUT2D eigenvalue weighted by atomic mass is 32.2. The Hall–Kier alpha value is 0.0500. The molecule has 96 valence electrons. The molecule has 1 N–H and O–H groups in total. The molecule has 0 aliphatic rings. The molecule has 0 heterocycles. The van der Waals surface area contributed by atoms with Crippen LogP contribution in [0.1, 0.15) is 40.5 Å². The van der Waals surface area contributed by atoms with E-state index in [-0.39, 0.29) is 0 Å². The zero-order chi connectivity index (χ0) is 12.4. The average molecular weight is 243 g/mol. The van der Waals surface area contributed by atoms with Crippen molar-refractivity contribution in [1.29, 1.82) is 0 Å². The van der Waals surface area contributed by atoms with Gasteiger partial charge in [0.2, 0.25) is 0 Å². The van der Waals surface area contributed by atoms with E-state index in [0.29, 0.717) is 6.04 Å². The Morgan fingerprint density at radius 3 is 2.12 bits per heavy atom. The van der Waals surface area contributed by atoms with Crippen LogP contribution < -0.4 is 5.32 Å². The molecule has 0 spiro atoms. The summed E-state index contributed by atoms with van der Waals surface area (Å²) in [6.45, 7) is 14.1.